The highest BCUT2D eigenvalue weighted by Crippen LogP contribution is 2.28. The van der Waals surface area contributed by atoms with Crippen LogP contribution in [0.3, 0.4) is 0 Å². The third-order valence-electron chi connectivity index (χ3n) is 1.97. The molecule has 1 heterocycles. The van der Waals surface area contributed by atoms with Crippen LogP contribution in [-0.4, -0.2) is 17.2 Å². The first kappa shape index (κ1) is 8.81. The van der Waals surface area contributed by atoms with Gasteiger partial charge >= 0.3 is 7.12 Å². The van der Waals surface area contributed by atoms with Crippen LogP contribution in [0.15, 0.2) is 6.07 Å². The predicted molar refractivity (Wildman–Crippen MR) is 45.5 cm³/mol. The highest BCUT2D eigenvalue weighted by molar-refractivity contribution is 6.65. The molecule has 0 bridgehead atoms. The van der Waals surface area contributed by atoms with Gasteiger partial charge in [-0.15, -0.1) is 0 Å². The van der Waals surface area contributed by atoms with Crippen molar-refractivity contribution in [3.8, 4) is 5.75 Å². The fourth-order valence-electron chi connectivity index (χ4n) is 1.32. The summed E-state index contributed by atoms with van der Waals surface area (Å²) in [6, 6.07) is 0.905. The van der Waals surface area contributed by atoms with Crippen LogP contribution in [0.5, 0.6) is 5.75 Å². The fraction of sp³-hybridized carbons (Fsp3) is 0.143. The van der Waals surface area contributed by atoms with Crippen molar-refractivity contribution in [2.75, 3.05) is 0 Å². The molecule has 6 heteroatoms. The molecule has 2 rings (SSSR count). The van der Waals surface area contributed by atoms with Crippen LogP contribution in [0.1, 0.15) is 5.56 Å². The number of aromatic hydroxyl groups is 1. The van der Waals surface area contributed by atoms with Gasteiger partial charge in [-0.2, -0.15) is 0 Å². The second kappa shape index (κ2) is 2.87. The van der Waals surface area contributed by atoms with Crippen molar-refractivity contribution in [2.45, 2.75) is 6.61 Å². The van der Waals surface area contributed by atoms with E-state index in [0.29, 0.717) is 0 Å². The Hall–Kier alpha value is -0.775. The Morgan fingerprint density at radius 1 is 1.62 bits per heavy atom. The van der Waals surface area contributed by atoms with Crippen molar-refractivity contribution in [3.63, 3.8) is 0 Å². The van der Waals surface area contributed by atoms with E-state index >= 15 is 0 Å². The molecule has 0 unspecified atom stereocenters. The van der Waals surface area contributed by atoms with Gasteiger partial charge in [0.2, 0.25) is 0 Å². The summed E-state index contributed by atoms with van der Waals surface area (Å²) in [4.78, 5) is 0. The number of hydrogen-bond donors (Lipinski definition) is 2. The molecule has 1 aromatic rings. The van der Waals surface area contributed by atoms with E-state index in [1.54, 1.807) is 0 Å². The van der Waals surface area contributed by atoms with Gasteiger partial charge in [0.05, 0.1) is 11.6 Å². The molecule has 0 radical (unpaired) electrons. The highest BCUT2D eigenvalue weighted by Gasteiger charge is 2.33. The Morgan fingerprint density at radius 2 is 2.31 bits per heavy atom. The van der Waals surface area contributed by atoms with E-state index < -0.39 is 12.9 Å². The van der Waals surface area contributed by atoms with Crippen LogP contribution in [0, 0.1) is 5.82 Å². The molecule has 0 saturated heterocycles. The average molecular weight is 202 g/mol. The van der Waals surface area contributed by atoms with E-state index in [1.807, 2.05) is 0 Å². The molecule has 3 nitrogen and oxygen atoms in total. The topological polar surface area (TPSA) is 49.7 Å². The Kier molecular flexibility index (Phi) is 1.94. The number of phenolic OH excluding ortho intramolecular Hbond substituents is 1. The number of fused-ring (bicyclic) bond motifs is 1. The van der Waals surface area contributed by atoms with Crippen LogP contribution < -0.4 is 5.46 Å². The van der Waals surface area contributed by atoms with E-state index in [1.165, 1.54) is 0 Å². The van der Waals surface area contributed by atoms with Crippen LogP contribution in [0.25, 0.3) is 0 Å². The normalized spacial score (nSPS) is 14.8. The lowest BCUT2D eigenvalue weighted by molar-refractivity contribution is 0.272. The molecule has 0 fully saturated rings. The van der Waals surface area contributed by atoms with E-state index in [4.69, 9.17) is 21.4 Å². The van der Waals surface area contributed by atoms with Crippen LogP contribution in [0.4, 0.5) is 4.39 Å². The van der Waals surface area contributed by atoms with Gasteiger partial charge in [0.15, 0.2) is 0 Å². The summed E-state index contributed by atoms with van der Waals surface area (Å²) >= 11 is 5.65. The van der Waals surface area contributed by atoms with Crippen LogP contribution in [-0.2, 0) is 11.3 Å². The minimum absolute atomic E-state index is 0.0255. The molecule has 13 heavy (non-hydrogen) atoms. The molecule has 1 aliphatic heterocycles. The molecule has 1 aromatic carbocycles. The Labute approximate surface area is 78.9 Å². The predicted octanol–water partition coefficient (Wildman–Crippen LogP) is 0.402. The molecule has 0 saturated carbocycles. The minimum atomic E-state index is -1.25. The third kappa shape index (κ3) is 1.20. The zero-order valence-corrected chi connectivity index (χ0v) is 7.18. The first-order valence-corrected chi connectivity index (χ1v) is 3.98. The molecule has 68 valence electrons. The van der Waals surface area contributed by atoms with Crippen molar-refractivity contribution in [2.24, 2.45) is 0 Å². The van der Waals surface area contributed by atoms with Gasteiger partial charge in [-0.3, -0.25) is 0 Å². The zero-order valence-electron chi connectivity index (χ0n) is 6.42. The number of phenols is 1. The quantitative estimate of drug-likeness (QED) is 0.599. The van der Waals surface area contributed by atoms with Gasteiger partial charge in [0.25, 0.3) is 0 Å². The molecule has 0 aliphatic carbocycles. The maximum absolute atomic E-state index is 13.1. The lowest BCUT2D eigenvalue weighted by Crippen LogP contribution is -2.29. The zero-order chi connectivity index (χ0) is 9.59. The molecule has 0 atom stereocenters. The van der Waals surface area contributed by atoms with Crippen molar-refractivity contribution >= 4 is 24.2 Å². The Morgan fingerprint density at radius 3 is 3.00 bits per heavy atom. The summed E-state index contributed by atoms with van der Waals surface area (Å²) in [6.07, 6.45) is 0. The lowest BCUT2D eigenvalue weighted by Gasteiger charge is -2.04. The summed E-state index contributed by atoms with van der Waals surface area (Å²) in [6.45, 7) is -0.0255. The summed E-state index contributed by atoms with van der Waals surface area (Å²) < 4.78 is 17.9. The van der Waals surface area contributed by atoms with Crippen LogP contribution in [0.2, 0.25) is 5.02 Å². The second-order valence-electron chi connectivity index (χ2n) is 2.75. The molecule has 0 spiro atoms. The SMILES string of the molecule is OB1OCc2c(F)cc(O)c(Cl)c21. The van der Waals surface area contributed by atoms with Crippen molar-refractivity contribution < 1.29 is 19.2 Å². The maximum Gasteiger partial charge on any atom is 0.493 e. The van der Waals surface area contributed by atoms with Crippen LogP contribution >= 0.6 is 11.6 Å². The molecule has 0 aromatic heterocycles. The first-order valence-electron chi connectivity index (χ1n) is 3.60. The Bertz CT molecular complexity index is 371. The van der Waals surface area contributed by atoms with Gasteiger partial charge in [0.1, 0.15) is 11.6 Å². The average Bonchev–Trinajstić information content (AvgIpc) is 2.44. The van der Waals surface area contributed by atoms with Gasteiger partial charge in [-0.05, 0) is 0 Å². The van der Waals surface area contributed by atoms with Gasteiger partial charge in [-0.25, -0.2) is 4.39 Å². The summed E-state index contributed by atoms with van der Waals surface area (Å²) in [5.41, 5.74) is 0.328. The fourth-order valence-corrected chi connectivity index (χ4v) is 1.58. The third-order valence-corrected chi connectivity index (χ3v) is 2.37. The smallest absolute Gasteiger partial charge is 0.493 e. The summed E-state index contributed by atoms with van der Waals surface area (Å²) in [5, 5.41) is 18.3. The molecule has 2 N–H and O–H groups in total. The first-order chi connectivity index (χ1) is 6.11. The number of halogens is 2. The summed E-state index contributed by atoms with van der Waals surface area (Å²) in [7, 11) is -1.25. The monoisotopic (exact) mass is 202 g/mol. The molecule has 1 aliphatic rings. The number of benzene rings is 1. The Balaban J connectivity index is 2.70. The highest BCUT2D eigenvalue weighted by atomic mass is 35.5. The molecular formula is C7H5BClFO3. The minimum Gasteiger partial charge on any atom is -0.506 e. The van der Waals surface area contributed by atoms with E-state index in [9.17, 15) is 9.41 Å². The second-order valence-corrected chi connectivity index (χ2v) is 3.13. The number of hydrogen-bond acceptors (Lipinski definition) is 3. The largest absolute Gasteiger partial charge is 0.506 e. The maximum atomic E-state index is 13.1. The van der Waals surface area contributed by atoms with E-state index in [-0.39, 0.29) is 28.4 Å². The number of rotatable bonds is 0. The summed E-state index contributed by atoms with van der Waals surface area (Å²) in [5.74, 6) is -1.00. The van der Waals surface area contributed by atoms with Crippen molar-refractivity contribution in [1.82, 2.24) is 0 Å². The van der Waals surface area contributed by atoms with Gasteiger partial charge < -0.3 is 14.8 Å². The molecular weight excluding hydrogens is 197 g/mol. The lowest BCUT2D eigenvalue weighted by atomic mass is 9.79. The molecule has 0 amide bonds. The van der Waals surface area contributed by atoms with Crippen molar-refractivity contribution in [1.29, 1.82) is 0 Å². The van der Waals surface area contributed by atoms with E-state index in [0.717, 1.165) is 6.07 Å². The van der Waals surface area contributed by atoms with Gasteiger partial charge in [0, 0.05) is 17.1 Å². The van der Waals surface area contributed by atoms with Gasteiger partial charge in [-0.1, -0.05) is 11.6 Å². The standard InChI is InChI=1S/C7H5BClFO3/c9-7-5(11)1-4(10)3-2-13-8(12)6(3)7/h1,11-12H,2H2. The van der Waals surface area contributed by atoms with Crippen molar-refractivity contribution in [3.05, 3.63) is 22.5 Å². The van der Waals surface area contributed by atoms with E-state index in [2.05, 4.69) is 0 Å².